The lowest BCUT2D eigenvalue weighted by molar-refractivity contribution is 0.303. The van der Waals surface area contributed by atoms with Crippen molar-refractivity contribution in [2.24, 2.45) is 5.92 Å². The highest BCUT2D eigenvalue weighted by molar-refractivity contribution is 5.82. The van der Waals surface area contributed by atoms with Gasteiger partial charge in [0.1, 0.15) is 17.4 Å². The first-order valence-electron chi connectivity index (χ1n) is 11.4. The lowest BCUT2D eigenvalue weighted by atomic mass is 9.77. The molecule has 0 aliphatic heterocycles. The quantitative estimate of drug-likeness (QED) is 0.416. The molecular formula is C26H26FN3O. The topological polar surface area (TPSA) is 50.8 Å². The van der Waals surface area contributed by atoms with Gasteiger partial charge in [0.15, 0.2) is 0 Å². The molecule has 2 aliphatic rings. The number of nitrogens with one attached hydrogen (secondary N) is 1. The number of halogens is 1. The molecule has 2 saturated carbocycles. The van der Waals surface area contributed by atoms with Crippen molar-refractivity contribution in [2.45, 2.75) is 57.0 Å². The maximum absolute atomic E-state index is 13.8. The molecule has 0 bridgehead atoms. The summed E-state index contributed by atoms with van der Waals surface area (Å²) >= 11 is 0. The van der Waals surface area contributed by atoms with E-state index in [2.05, 4.69) is 28.2 Å². The summed E-state index contributed by atoms with van der Waals surface area (Å²) in [6, 6.07) is 13.2. The largest absolute Gasteiger partial charge is 0.490 e. The predicted octanol–water partition coefficient (Wildman–Crippen LogP) is 6.31. The molecule has 31 heavy (non-hydrogen) atoms. The highest BCUT2D eigenvalue weighted by Crippen LogP contribution is 2.39. The molecule has 2 heterocycles. The van der Waals surface area contributed by atoms with Gasteiger partial charge in [0.2, 0.25) is 0 Å². The maximum atomic E-state index is 13.8. The van der Waals surface area contributed by atoms with Gasteiger partial charge in [0, 0.05) is 24.1 Å². The number of aromatic amines is 1. The molecule has 5 heteroatoms. The number of imidazole rings is 1. The van der Waals surface area contributed by atoms with Gasteiger partial charge >= 0.3 is 0 Å². The smallest absolute Gasteiger partial charge is 0.123 e. The number of nitrogens with zero attached hydrogens (tertiary/aromatic N) is 2. The minimum Gasteiger partial charge on any atom is -0.490 e. The SMILES string of the molecule is Fc1ccc2nccc([C@H]3CC[C@H](Cc4nc5cc(OC6CC6)ccc5[nH]4)CC3)c2c1. The van der Waals surface area contributed by atoms with Gasteiger partial charge in [-0.15, -0.1) is 0 Å². The van der Waals surface area contributed by atoms with Crippen molar-refractivity contribution in [2.75, 3.05) is 0 Å². The van der Waals surface area contributed by atoms with E-state index in [0.29, 0.717) is 17.9 Å². The third-order valence-electron chi connectivity index (χ3n) is 6.84. The van der Waals surface area contributed by atoms with Crippen molar-refractivity contribution < 1.29 is 9.13 Å². The number of hydrogen-bond acceptors (Lipinski definition) is 3. The number of fused-ring (bicyclic) bond motifs is 2. The number of benzene rings is 2. The highest BCUT2D eigenvalue weighted by Gasteiger charge is 2.25. The van der Waals surface area contributed by atoms with Crippen LogP contribution in [0.2, 0.25) is 0 Å². The van der Waals surface area contributed by atoms with Crippen molar-refractivity contribution >= 4 is 21.9 Å². The van der Waals surface area contributed by atoms with Crippen LogP contribution in [0.15, 0.2) is 48.7 Å². The van der Waals surface area contributed by atoms with E-state index >= 15 is 0 Å². The molecule has 0 unspecified atom stereocenters. The van der Waals surface area contributed by atoms with E-state index in [9.17, 15) is 4.39 Å². The zero-order valence-corrected chi connectivity index (χ0v) is 17.5. The van der Waals surface area contributed by atoms with Gasteiger partial charge in [-0.2, -0.15) is 0 Å². The number of aromatic nitrogens is 3. The molecule has 1 N–H and O–H groups in total. The number of H-pyrrole nitrogens is 1. The van der Waals surface area contributed by atoms with Crippen LogP contribution in [-0.2, 0) is 6.42 Å². The molecule has 2 aliphatic carbocycles. The van der Waals surface area contributed by atoms with Crippen LogP contribution in [-0.4, -0.2) is 21.1 Å². The van der Waals surface area contributed by atoms with Crippen LogP contribution in [0.4, 0.5) is 4.39 Å². The van der Waals surface area contributed by atoms with Crippen LogP contribution in [0.3, 0.4) is 0 Å². The Kier molecular flexibility index (Phi) is 4.62. The summed E-state index contributed by atoms with van der Waals surface area (Å²) < 4.78 is 19.7. The van der Waals surface area contributed by atoms with E-state index in [0.717, 1.165) is 78.5 Å². The number of rotatable bonds is 5. The average molecular weight is 416 g/mol. The van der Waals surface area contributed by atoms with Crippen molar-refractivity contribution in [3.8, 4) is 5.75 Å². The molecule has 0 atom stereocenters. The molecule has 4 aromatic rings. The average Bonchev–Trinajstić information content (AvgIpc) is 3.51. The van der Waals surface area contributed by atoms with Crippen LogP contribution >= 0.6 is 0 Å². The van der Waals surface area contributed by atoms with E-state index in [1.165, 1.54) is 11.6 Å². The van der Waals surface area contributed by atoms with Gasteiger partial charge in [0.25, 0.3) is 0 Å². The second-order valence-electron chi connectivity index (χ2n) is 9.16. The summed E-state index contributed by atoms with van der Waals surface area (Å²) in [6.07, 6.45) is 10.1. The third-order valence-corrected chi connectivity index (χ3v) is 6.84. The Morgan fingerprint density at radius 3 is 2.65 bits per heavy atom. The van der Waals surface area contributed by atoms with Crippen LogP contribution in [0.1, 0.15) is 55.8 Å². The van der Waals surface area contributed by atoms with Crippen LogP contribution in [0, 0.1) is 11.7 Å². The summed E-state index contributed by atoms with van der Waals surface area (Å²) in [5, 5.41) is 0.965. The molecule has 0 radical (unpaired) electrons. The summed E-state index contributed by atoms with van der Waals surface area (Å²) in [5.74, 6) is 2.91. The van der Waals surface area contributed by atoms with Gasteiger partial charge in [-0.3, -0.25) is 4.98 Å². The van der Waals surface area contributed by atoms with Crippen molar-refractivity contribution in [3.05, 3.63) is 65.9 Å². The van der Waals surface area contributed by atoms with E-state index in [-0.39, 0.29) is 5.82 Å². The first-order chi connectivity index (χ1) is 15.2. The first kappa shape index (κ1) is 18.8. The van der Waals surface area contributed by atoms with Gasteiger partial charge in [-0.25, -0.2) is 9.37 Å². The molecule has 0 spiro atoms. The number of hydrogen-bond donors (Lipinski definition) is 1. The molecule has 2 aromatic heterocycles. The van der Waals surface area contributed by atoms with Crippen LogP contribution in [0.5, 0.6) is 5.75 Å². The molecule has 2 aromatic carbocycles. The molecular weight excluding hydrogens is 389 g/mol. The summed E-state index contributed by atoms with van der Waals surface area (Å²) in [5.41, 5.74) is 4.20. The fourth-order valence-corrected chi connectivity index (χ4v) is 5.03. The lowest BCUT2D eigenvalue weighted by Gasteiger charge is -2.29. The molecule has 6 rings (SSSR count). The Bertz CT molecular complexity index is 1240. The first-order valence-corrected chi connectivity index (χ1v) is 11.4. The van der Waals surface area contributed by atoms with Gasteiger partial charge in [0.05, 0.1) is 22.7 Å². The molecule has 2 fully saturated rings. The monoisotopic (exact) mass is 415 g/mol. The minimum atomic E-state index is -0.189. The molecule has 4 nitrogen and oxygen atoms in total. The van der Waals surface area contributed by atoms with E-state index in [1.807, 2.05) is 12.3 Å². The Balaban J connectivity index is 1.14. The van der Waals surface area contributed by atoms with Gasteiger partial charge in [-0.05, 0) is 92.3 Å². The fourth-order valence-electron chi connectivity index (χ4n) is 5.03. The van der Waals surface area contributed by atoms with Crippen molar-refractivity contribution in [3.63, 3.8) is 0 Å². The number of ether oxygens (including phenoxy) is 1. The Labute approximate surface area is 180 Å². The second kappa shape index (κ2) is 7.63. The summed E-state index contributed by atoms with van der Waals surface area (Å²) in [6.45, 7) is 0. The standard InChI is InChI=1S/C26H26FN3O/c27-18-5-9-23-22(14-18)21(11-12-28-23)17-3-1-16(2-4-17)13-26-29-24-10-8-20(15-25(24)30-26)31-19-6-7-19/h5,8-12,14-17,19H,1-4,6-7,13H2,(H,29,30)/t16-,17-. The Morgan fingerprint density at radius 1 is 0.935 bits per heavy atom. The van der Waals surface area contributed by atoms with Crippen molar-refractivity contribution in [1.82, 2.24) is 15.0 Å². The van der Waals surface area contributed by atoms with Gasteiger partial charge in [-0.1, -0.05) is 0 Å². The molecule has 158 valence electrons. The van der Waals surface area contributed by atoms with Crippen molar-refractivity contribution in [1.29, 1.82) is 0 Å². The molecule has 0 amide bonds. The Morgan fingerprint density at radius 2 is 1.81 bits per heavy atom. The normalized spacial score (nSPS) is 21.6. The van der Waals surface area contributed by atoms with Crippen LogP contribution in [0.25, 0.3) is 21.9 Å². The maximum Gasteiger partial charge on any atom is 0.123 e. The third kappa shape index (κ3) is 3.89. The van der Waals surface area contributed by atoms with E-state index in [1.54, 1.807) is 12.1 Å². The highest BCUT2D eigenvalue weighted by atomic mass is 19.1. The lowest BCUT2D eigenvalue weighted by Crippen LogP contribution is -2.16. The number of pyridine rings is 1. The predicted molar refractivity (Wildman–Crippen MR) is 120 cm³/mol. The minimum absolute atomic E-state index is 0.189. The summed E-state index contributed by atoms with van der Waals surface area (Å²) in [4.78, 5) is 12.7. The molecule has 0 saturated heterocycles. The fraction of sp³-hybridized carbons (Fsp3) is 0.385. The zero-order chi connectivity index (χ0) is 20.8. The van der Waals surface area contributed by atoms with E-state index < -0.39 is 0 Å². The van der Waals surface area contributed by atoms with Crippen LogP contribution < -0.4 is 4.74 Å². The van der Waals surface area contributed by atoms with Gasteiger partial charge < -0.3 is 9.72 Å². The van der Waals surface area contributed by atoms with E-state index in [4.69, 9.17) is 9.72 Å². The summed E-state index contributed by atoms with van der Waals surface area (Å²) in [7, 11) is 0. The zero-order valence-electron chi connectivity index (χ0n) is 17.5. The Hall–Kier alpha value is -2.95. The second-order valence-corrected chi connectivity index (χ2v) is 9.16.